The van der Waals surface area contributed by atoms with E-state index in [2.05, 4.69) is 69.8 Å². The molecule has 0 aliphatic heterocycles. The third-order valence-corrected chi connectivity index (χ3v) is 7.57. The first-order valence-corrected chi connectivity index (χ1v) is 13.2. The summed E-state index contributed by atoms with van der Waals surface area (Å²) in [4.78, 5) is 8.86. The molecule has 4 aromatic heterocycles. The number of aromatic nitrogens is 5. The quantitative estimate of drug-likeness (QED) is 0.213. The van der Waals surface area contributed by atoms with Crippen molar-refractivity contribution in [2.45, 2.75) is 0 Å². The number of hydrogen-bond donors (Lipinski definition) is 0. The zero-order valence-electron chi connectivity index (χ0n) is 20.0. The Morgan fingerprint density at radius 2 is 1.66 bits per heavy atom. The van der Waals surface area contributed by atoms with Crippen LogP contribution in [0.5, 0.6) is 11.5 Å². The summed E-state index contributed by atoms with van der Waals surface area (Å²) in [5.74, 6) is 2.39. The first kappa shape index (κ1) is 22.6. The molecule has 7 aromatic rings. The topological polar surface area (TPSA) is 57.8 Å². The molecule has 0 saturated heterocycles. The summed E-state index contributed by atoms with van der Waals surface area (Å²) in [6, 6.07) is 30.5. The van der Waals surface area contributed by atoms with Gasteiger partial charge < -0.3 is 0 Å². The molecule has 0 spiro atoms. The van der Waals surface area contributed by atoms with E-state index in [9.17, 15) is 0 Å². The van der Waals surface area contributed by atoms with Crippen LogP contribution in [0, 0.1) is 0 Å². The van der Waals surface area contributed by atoms with Gasteiger partial charge in [0.1, 0.15) is 0 Å². The van der Waals surface area contributed by atoms with E-state index < -0.39 is 0 Å². The van der Waals surface area contributed by atoms with Crippen LogP contribution in [-0.2, 0) is 19.8 Å². The number of fused-ring (bicyclic) bond motifs is 3. The summed E-state index contributed by atoms with van der Waals surface area (Å²) in [6.07, 6.45) is 9.27. The molecule has 0 saturated carbocycles. The van der Waals surface area contributed by atoms with Crippen molar-refractivity contribution in [2.24, 2.45) is 0 Å². The van der Waals surface area contributed by atoms with Crippen LogP contribution in [-0.4, -0.2) is 24.3 Å². The number of para-hydroxylation sites is 1. The Morgan fingerprint density at radius 1 is 0.737 bits per heavy atom. The third kappa shape index (κ3) is 3.90. The maximum absolute atomic E-state index is 6.47. The van der Waals surface area contributed by atoms with E-state index in [4.69, 9.17) is 4.74 Å². The van der Waals surface area contributed by atoms with Crippen LogP contribution in [0.4, 0.5) is 0 Å². The molecule has 0 aliphatic rings. The third-order valence-electron chi connectivity index (χ3n) is 6.48. The number of hydrogen-bond acceptors (Lipinski definition) is 4. The number of nitrogens with zero attached hydrogens (tertiary/aromatic N) is 5. The van der Waals surface area contributed by atoms with Crippen molar-refractivity contribution in [3.05, 3.63) is 122 Å². The summed E-state index contributed by atoms with van der Waals surface area (Å²) in [6.45, 7) is 0. The normalized spacial score (nSPS) is 11.3. The van der Waals surface area contributed by atoms with Crippen LogP contribution in [0.2, 0.25) is 0 Å². The Bertz CT molecular complexity index is 1910. The molecule has 185 valence electrons. The van der Waals surface area contributed by atoms with Crippen LogP contribution >= 0.6 is 0 Å². The molecule has 6 nitrogen and oxygen atoms in total. The van der Waals surface area contributed by atoms with E-state index in [1.54, 1.807) is 6.20 Å². The number of benzene rings is 3. The molecule has 0 unspecified atom stereocenters. The molecule has 0 N–H and O–H groups in total. The van der Waals surface area contributed by atoms with Crippen molar-refractivity contribution in [1.82, 2.24) is 24.3 Å². The Kier molecular flexibility index (Phi) is 5.60. The zero-order chi connectivity index (χ0) is 25.5. The first-order chi connectivity index (χ1) is 18.8. The molecule has 7 heteroatoms. The van der Waals surface area contributed by atoms with Crippen molar-refractivity contribution in [3.8, 4) is 34.1 Å². The van der Waals surface area contributed by atoms with E-state index in [1.807, 2.05) is 90.1 Å². The molecule has 0 radical (unpaired) electrons. The van der Waals surface area contributed by atoms with Gasteiger partial charge in [-0.25, -0.2) is 0 Å². The fourth-order valence-electron chi connectivity index (χ4n) is 4.74. The van der Waals surface area contributed by atoms with Gasteiger partial charge in [0.2, 0.25) is 0 Å². The summed E-state index contributed by atoms with van der Waals surface area (Å²) < 4.78 is 11.5. The van der Waals surface area contributed by atoms with Gasteiger partial charge >= 0.3 is 225 Å². The van der Waals surface area contributed by atoms with Gasteiger partial charge in [-0.1, -0.05) is 0 Å². The van der Waals surface area contributed by atoms with E-state index in [0.29, 0.717) is 0 Å². The zero-order valence-corrected chi connectivity index (χ0v) is 22.3. The molecular weight excluding hydrogens is 653 g/mol. The summed E-state index contributed by atoms with van der Waals surface area (Å²) in [7, 11) is 0. The fourth-order valence-corrected chi connectivity index (χ4v) is 5.61. The van der Waals surface area contributed by atoms with Crippen LogP contribution in [0.25, 0.3) is 44.4 Å². The summed E-state index contributed by atoms with van der Waals surface area (Å²) in [5.41, 5.74) is 5.14. The van der Waals surface area contributed by atoms with Crippen molar-refractivity contribution in [1.29, 1.82) is 0 Å². The van der Waals surface area contributed by atoms with Crippen molar-refractivity contribution in [2.75, 3.05) is 0 Å². The molecule has 0 fully saturated rings. The average Bonchev–Trinajstić information content (AvgIpc) is 3.60. The molecule has 0 amide bonds. The second kappa shape index (κ2) is 9.40. The SMILES string of the molecule is [Pt][c]1c(Oc2cccc(-n3cc(-c4cccnc4)cn3)c2)ccc2c3ccccc3n(-c3ccccn3)c12. The van der Waals surface area contributed by atoms with Gasteiger partial charge in [0.25, 0.3) is 0 Å². The Morgan fingerprint density at radius 3 is 2.53 bits per heavy atom. The van der Waals surface area contributed by atoms with Crippen molar-refractivity contribution >= 4 is 25.8 Å². The minimum absolute atomic E-state index is 0.735. The fraction of sp³-hybridized carbons (Fsp3) is 0. The molecule has 7 rings (SSSR count). The molecule has 4 heterocycles. The Labute approximate surface area is 230 Å². The second-order valence-corrected chi connectivity index (χ2v) is 9.93. The second-order valence-electron chi connectivity index (χ2n) is 8.80. The summed E-state index contributed by atoms with van der Waals surface area (Å²) in [5, 5.41) is 6.91. The van der Waals surface area contributed by atoms with E-state index in [1.165, 1.54) is 5.39 Å². The number of pyridine rings is 2. The first-order valence-electron chi connectivity index (χ1n) is 12.1. The molecule has 0 aliphatic carbocycles. The van der Waals surface area contributed by atoms with Crippen LogP contribution in [0.15, 0.2) is 122 Å². The predicted octanol–water partition coefficient (Wildman–Crippen LogP) is 6.39. The van der Waals surface area contributed by atoms with Crippen LogP contribution < -0.4 is 8.69 Å². The van der Waals surface area contributed by atoms with Gasteiger partial charge in [0, 0.05) is 6.20 Å². The van der Waals surface area contributed by atoms with Gasteiger partial charge in [0.05, 0.1) is 0 Å². The standard InChI is InChI=1S/C31H20N5O.Pt/c1-2-11-29-27(10-1)28-14-13-26(18-30(28)36(29)31-12-3-4-16-33-31)37-25-9-5-8-24(17-25)35-21-23(20-34-35)22-7-6-15-32-19-22;/h1-17,19-21H;. The monoisotopic (exact) mass is 673 g/mol. The van der Waals surface area contributed by atoms with Crippen LogP contribution in [0.1, 0.15) is 0 Å². The van der Waals surface area contributed by atoms with Gasteiger partial charge in [-0.2, -0.15) is 0 Å². The molecule has 0 bridgehead atoms. The Balaban J connectivity index is 1.29. The average molecular weight is 674 g/mol. The van der Waals surface area contributed by atoms with Crippen LogP contribution in [0.3, 0.4) is 0 Å². The number of rotatable bonds is 5. The van der Waals surface area contributed by atoms with Gasteiger partial charge in [-0.15, -0.1) is 0 Å². The number of ether oxygens (including phenoxy) is 1. The molecule has 3 aromatic carbocycles. The van der Waals surface area contributed by atoms with E-state index in [-0.39, 0.29) is 0 Å². The Hall–Kier alpha value is -4.54. The molecule has 38 heavy (non-hydrogen) atoms. The van der Waals surface area contributed by atoms with E-state index >= 15 is 0 Å². The maximum atomic E-state index is 6.47. The van der Waals surface area contributed by atoms with Crippen molar-refractivity contribution in [3.63, 3.8) is 0 Å². The van der Waals surface area contributed by atoms with Gasteiger partial charge in [-0.05, 0) is 0 Å². The minimum atomic E-state index is 0.735. The van der Waals surface area contributed by atoms with Crippen molar-refractivity contribution < 1.29 is 24.6 Å². The van der Waals surface area contributed by atoms with Gasteiger partial charge in [-0.3, -0.25) is 0 Å². The molecular formula is C31H20N5OPt. The van der Waals surface area contributed by atoms with E-state index in [0.717, 1.165) is 54.5 Å². The van der Waals surface area contributed by atoms with Gasteiger partial charge in [0.15, 0.2) is 0 Å². The molecule has 0 atom stereocenters. The predicted molar refractivity (Wildman–Crippen MR) is 145 cm³/mol. The summed E-state index contributed by atoms with van der Waals surface area (Å²) >= 11 is 2.36.